The molecule has 0 unspecified atom stereocenters. The predicted octanol–water partition coefficient (Wildman–Crippen LogP) is 1.20. The Labute approximate surface area is 188 Å². The van der Waals surface area contributed by atoms with E-state index in [1.165, 1.54) is 12.1 Å². The quantitative estimate of drug-likeness (QED) is 0.0764. The average Bonchev–Trinajstić information content (AvgIpc) is 3.17. The summed E-state index contributed by atoms with van der Waals surface area (Å²) in [6.07, 6.45) is 0.720. The highest BCUT2D eigenvalue weighted by atomic mass is 32.1. The van der Waals surface area contributed by atoms with Crippen LogP contribution in [0.4, 0.5) is 4.39 Å². The number of hydrazone groups is 1. The number of nitrogens with zero attached hydrogens (tertiary/aromatic N) is 1. The van der Waals surface area contributed by atoms with Crippen molar-refractivity contribution in [2.24, 2.45) is 27.8 Å². The van der Waals surface area contributed by atoms with Crippen LogP contribution in [-0.2, 0) is 11.2 Å². The lowest BCUT2D eigenvalue weighted by Gasteiger charge is -2.22. The minimum atomic E-state index is -0.798. The van der Waals surface area contributed by atoms with Crippen LogP contribution in [0.25, 0.3) is 0 Å². The van der Waals surface area contributed by atoms with E-state index in [4.69, 9.17) is 27.5 Å². The molecule has 32 heavy (non-hydrogen) atoms. The van der Waals surface area contributed by atoms with Crippen LogP contribution >= 0.6 is 11.3 Å². The smallest absolute Gasteiger partial charge is 0.353 e. The van der Waals surface area contributed by atoms with Gasteiger partial charge in [-0.25, -0.2) is 20.6 Å². The standard InChI is InChI=1S/C20H26FN7O3S/c1-20(2,19(30)26-8-7-16(22)27-28-25)10-12-4-6-15(32-12)18(29)31-14-5-3-11(17(23)24)9-13(14)21/h3-6,9,28H,7-8,10,25H2,1-2H3,(H2,22,27)(H3,23,24)(H,26,30). The number of carbonyl (C=O) groups excluding carboxylic acids is 2. The molecule has 2 aromatic rings. The van der Waals surface area contributed by atoms with Crippen LogP contribution < -0.4 is 32.9 Å². The van der Waals surface area contributed by atoms with Gasteiger partial charge in [0.1, 0.15) is 16.5 Å². The maximum Gasteiger partial charge on any atom is 0.353 e. The Morgan fingerprint density at radius 3 is 2.59 bits per heavy atom. The molecule has 2 rings (SSSR count). The van der Waals surface area contributed by atoms with Crippen LogP contribution in [-0.4, -0.2) is 30.1 Å². The lowest BCUT2D eigenvalue weighted by molar-refractivity contribution is -0.129. The molecule has 1 heterocycles. The van der Waals surface area contributed by atoms with Gasteiger partial charge in [0.05, 0.1) is 0 Å². The van der Waals surface area contributed by atoms with Gasteiger partial charge in [0.25, 0.3) is 0 Å². The van der Waals surface area contributed by atoms with Crippen molar-refractivity contribution in [2.75, 3.05) is 6.54 Å². The molecule has 1 amide bonds. The molecule has 9 N–H and O–H groups in total. The van der Waals surface area contributed by atoms with Gasteiger partial charge in [0, 0.05) is 28.8 Å². The number of rotatable bonds is 10. The van der Waals surface area contributed by atoms with Crippen molar-refractivity contribution in [1.82, 2.24) is 10.9 Å². The molecule has 0 fully saturated rings. The number of halogens is 1. The Balaban J connectivity index is 1.97. The second kappa shape index (κ2) is 10.7. The first-order chi connectivity index (χ1) is 15.0. The van der Waals surface area contributed by atoms with Crippen molar-refractivity contribution in [2.45, 2.75) is 26.7 Å². The van der Waals surface area contributed by atoms with Crippen LogP contribution in [0, 0.1) is 16.6 Å². The number of hydrogen-bond donors (Lipinski definition) is 6. The molecule has 0 aliphatic carbocycles. The number of thiophene rings is 1. The van der Waals surface area contributed by atoms with Crippen LogP contribution in [0.15, 0.2) is 35.4 Å². The predicted molar refractivity (Wildman–Crippen MR) is 121 cm³/mol. The third kappa shape index (κ3) is 6.75. The van der Waals surface area contributed by atoms with Gasteiger partial charge in [-0.05, 0) is 36.8 Å². The number of nitrogen functional groups attached to an aromatic ring is 1. The van der Waals surface area contributed by atoms with E-state index in [1.807, 2.05) is 0 Å². The molecule has 0 saturated carbocycles. The number of benzene rings is 1. The molecule has 12 heteroatoms. The molecule has 0 aliphatic heterocycles. The number of carbonyl (C=O) groups is 2. The van der Waals surface area contributed by atoms with Crippen molar-refractivity contribution < 1.29 is 18.7 Å². The highest BCUT2D eigenvalue weighted by Crippen LogP contribution is 2.28. The molecule has 0 spiro atoms. The van der Waals surface area contributed by atoms with Crippen molar-refractivity contribution in [3.8, 4) is 5.75 Å². The molecule has 172 valence electrons. The van der Waals surface area contributed by atoms with Crippen molar-refractivity contribution >= 4 is 34.9 Å². The molecule has 0 aliphatic rings. The number of nitrogens with two attached hydrogens (primary N) is 3. The zero-order valence-electron chi connectivity index (χ0n) is 17.7. The highest BCUT2D eigenvalue weighted by Gasteiger charge is 2.29. The summed E-state index contributed by atoms with van der Waals surface area (Å²) in [4.78, 5) is 26.0. The molecule has 0 radical (unpaired) electrons. The summed E-state index contributed by atoms with van der Waals surface area (Å²) in [5.41, 5.74) is 12.4. The maximum absolute atomic E-state index is 14.1. The lowest BCUT2D eigenvalue weighted by atomic mass is 9.87. The van der Waals surface area contributed by atoms with E-state index in [9.17, 15) is 14.0 Å². The van der Waals surface area contributed by atoms with Crippen LogP contribution in [0.2, 0.25) is 0 Å². The van der Waals surface area contributed by atoms with E-state index < -0.39 is 17.2 Å². The molecular formula is C20H26FN7O3S. The zero-order valence-corrected chi connectivity index (χ0v) is 18.5. The minimum absolute atomic E-state index is 0.184. The second-order valence-corrected chi connectivity index (χ2v) is 8.68. The van der Waals surface area contributed by atoms with Gasteiger partial charge in [-0.3, -0.25) is 10.2 Å². The first-order valence-electron chi connectivity index (χ1n) is 9.54. The normalized spacial score (nSPS) is 11.7. The average molecular weight is 464 g/mol. The number of ether oxygens (including phenoxy) is 1. The van der Waals surface area contributed by atoms with E-state index in [-0.39, 0.29) is 33.8 Å². The van der Waals surface area contributed by atoms with Gasteiger partial charge in [0.15, 0.2) is 11.6 Å². The molecular weight excluding hydrogens is 437 g/mol. The Hall–Kier alpha value is -3.51. The molecule has 0 bridgehead atoms. The van der Waals surface area contributed by atoms with Gasteiger partial charge < -0.3 is 21.5 Å². The summed E-state index contributed by atoms with van der Waals surface area (Å²) < 4.78 is 19.2. The number of esters is 1. The van der Waals surface area contributed by atoms with E-state index in [0.29, 0.717) is 19.4 Å². The highest BCUT2D eigenvalue weighted by molar-refractivity contribution is 7.14. The third-order valence-corrected chi connectivity index (χ3v) is 5.48. The number of amidine groups is 2. The van der Waals surface area contributed by atoms with Crippen LogP contribution in [0.3, 0.4) is 0 Å². The van der Waals surface area contributed by atoms with Gasteiger partial charge in [-0.1, -0.05) is 13.8 Å². The monoisotopic (exact) mass is 463 g/mol. The summed E-state index contributed by atoms with van der Waals surface area (Å²) in [6, 6.07) is 6.95. The Morgan fingerprint density at radius 2 is 1.97 bits per heavy atom. The summed E-state index contributed by atoms with van der Waals surface area (Å²) in [5.74, 6) is 3.05. The number of amides is 1. The molecule has 0 saturated heterocycles. The first kappa shape index (κ1) is 24.8. The topological polar surface area (TPSA) is 182 Å². The fourth-order valence-electron chi connectivity index (χ4n) is 2.68. The zero-order chi connectivity index (χ0) is 23.9. The summed E-state index contributed by atoms with van der Waals surface area (Å²) in [6.45, 7) is 3.87. The minimum Gasteiger partial charge on any atom is -0.419 e. The number of nitrogens with one attached hydrogen (secondary N) is 3. The van der Waals surface area contributed by atoms with Crippen LogP contribution in [0.1, 0.15) is 40.4 Å². The SMILES string of the molecule is CC(C)(Cc1ccc(C(=O)Oc2ccc(C(=N)N)cc2F)s1)C(=O)NCC/C(N)=N/NN. The van der Waals surface area contributed by atoms with E-state index in [1.54, 1.807) is 26.0 Å². The largest absolute Gasteiger partial charge is 0.419 e. The van der Waals surface area contributed by atoms with Crippen molar-refractivity contribution in [1.29, 1.82) is 5.41 Å². The molecule has 10 nitrogen and oxygen atoms in total. The van der Waals surface area contributed by atoms with E-state index in [0.717, 1.165) is 22.3 Å². The summed E-state index contributed by atoms with van der Waals surface area (Å²) in [7, 11) is 0. The number of hydrazine groups is 1. The van der Waals surface area contributed by atoms with Crippen molar-refractivity contribution in [3.05, 3.63) is 51.5 Å². The summed E-state index contributed by atoms with van der Waals surface area (Å²) >= 11 is 1.16. The van der Waals surface area contributed by atoms with Crippen molar-refractivity contribution in [3.63, 3.8) is 0 Å². The fraction of sp³-hybridized carbons (Fsp3) is 0.300. The van der Waals surface area contributed by atoms with Gasteiger partial charge in [0.2, 0.25) is 5.91 Å². The lowest BCUT2D eigenvalue weighted by Crippen LogP contribution is -2.39. The maximum atomic E-state index is 14.1. The van der Waals surface area contributed by atoms with Gasteiger partial charge in [-0.2, -0.15) is 5.10 Å². The van der Waals surface area contributed by atoms with Gasteiger partial charge >= 0.3 is 5.97 Å². The number of hydrogen-bond acceptors (Lipinski definition) is 8. The van der Waals surface area contributed by atoms with Gasteiger partial charge in [-0.15, -0.1) is 11.3 Å². The fourth-order valence-corrected chi connectivity index (χ4v) is 3.79. The van der Waals surface area contributed by atoms with Crippen LogP contribution in [0.5, 0.6) is 5.75 Å². The Morgan fingerprint density at radius 1 is 1.25 bits per heavy atom. The third-order valence-electron chi connectivity index (χ3n) is 4.41. The Kier molecular flexibility index (Phi) is 8.27. The second-order valence-electron chi connectivity index (χ2n) is 7.51. The van der Waals surface area contributed by atoms with E-state index >= 15 is 0 Å². The molecule has 0 atom stereocenters. The first-order valence-corrected chi connectivity index (χ1v) is 10.4. The Bertz CT molecular complexity index is 1040. The van der Waals surface area contributed by atoms with E-state index in [2.05, 4.69) is 16.0 Å². The summed E-state index contributed by atoms with van der Waals surface area (Å²) in [5, 5.41) is 13.7. The molecule has 1 aromatic heterocycles. The molecule has 1 aromatic carbocycles.